The summed E-state index contributed by atoms with van der Waals surface area (Å²) in [6.07, 6.45) is 4.30. The molecule has 0 bridgehead atoms. The zero-order chi connectivity index (χ0) is 15.8. The number of amides is 1. The number of anilines is 1. The largest absolute Gasteiger partial charge is 0.339 e. The predicted octanol–water partition coefficient (Wildman–Crippen LogP) is 2.49. The normalized spacial score (nSPS) is 21.7. The van der Waals surface area contributed by atoms with E-state index in [1.54, 1.807) is 0 Å². The molecule has 2 aromatic heterocycles. The number of nitrogens with zero attached hydrogens (tertiary/aromatic N) is 4. The number of aromatic nitrogens is 3. The summed E-state index contributed by atoms with van der Waals surface area (Å²) in [5.74, 6) is 1.90. The van der Waals surface area contributed by atoms with E-state index in [1.807, 2.05) is 12.3 Å². The first-order valence-electron chi connectivity index (χ1n) is 7.98. The minimum absolute atomic E-state index is 0.0443. The molecular formula is C15H19N5O2S. The quantitative estimate of drug-likeness (QED) is 0.905. The summed E-state index contributed by atoms with van der Waals surface area (Å²) in [7, 11) is 0. The SMILES string of the molecule is Cc1csc(NC(=O)CN2CCCC2c2noc(C3CC3)n2)n1. The van der Waals surface area contributed by atoms with Crippen molar-refractivity contribution in [3.63, 3.8) is 0 Å². The molecule has 0 spiro atoms. The first kappa shape index (κ1) is 14.8. The van der Waals surface area contributed by atoms with Gasteiger partial charge in [-0.3, -0.25) is 9.69 Å². The molecule has 4 rings (SSSR count). The van der Waals surface area contributed by atoms with Gasteiger partial charge < -0.3 is 9.84 Å². The number of hydrogen-bond donors (Lipinski definition) is 1. The van der Waals surface area contributed by atoms with Crippen LogP contribution in [-0.4, -0.2) is 39.0 Å². The number of carbonyl (C=O) groups excluding carboxylic acids is 1. The molecule has 1 saturated carbocycles. The molecule has 122 valence electrons. The average molecular weight is 333 g/mol. The molecule has 7 nitrogen and oxygen atoms in total. The standard InChI is InChI=1S/C15H19N5O2S/c1-9-8-23-15(16-9)17-12(21)7-20-6-2-3-11(20)13-18-14(22-19-13)10-4-5-10/h8,10-11H,2-7H2,1H3,(H,16,17,21). The second-order valence-corrected chi connectivity index (χ2v) is 7.09. The fourth-order valence-electron chi connectivity index (χ4n) is 2.94. The van der Waals surface area contributed by atoms with E-state index in [0.717, 1.165) is 49.6 Å². The van der Waals surface area contributed by atoms with Crippen LogP contribution in [0.2, 0.25) is 0 Å². The highest BCUT2D eigenvalue weighted by atomic mass is 32.1. The Morgan fingerprint density at radius 2 is 2.30 bits per heavy atom. The van der Waals surface area contributed by atoms with Crippen molar-refractivity contribution in [3.8, 4) is 0 Å². The second kappa shape index (κ2) is 6.01. The van der Waals surface area contributed by atoms with Gasteiger partial charge in [-0.1, -0.05) is 5.16 Å². The maximum atomic E-state index is 12.2. The summed E-state index contributed by atoms with van der Waals surface area (Å²) in [4.78, 5) is 23.1. The van der Waals surface area contributed by atoms with Gasteiger partial charge in [-0.15, -0.1) is 11.3 Å². The number of nitrogens with one attached hydrogen (secondary N) is 1. The van der Waals surface area contributed by atoms with Crippen molar-refractivity contribution in [1.82, 2.24) is 20.0 Å². The Morgan fingerprint density at radius 3 is 3.04 bits per heavy atom. The molecule has 2 aliphatic rings. The topological polar surface area (TPSA) is 84.2 Å². The lowest BCUT2D eigenvalue weighted by Crippen LogP contribution is -2.33. The lowest BCUT2D eigenvalue weighted by atomic mass is 10.2. The van der Waals surface area contributed by atoms with Gasteiger partial charge in [0.2, 0.25) is 11.8 Å². The van der Waals surface area contributed by atoms with Crippen LogP contribution in [0, 0.1) is 6.92 Å². The lowest BCUT2D eigenvalue weighted by Gasteiger charge is -2.20. The maximum Gasteiger partial charge on any atom is 0.240 e. The van der Waals surface area contributed by atoms with Gasteiger partial charge in [0, 0.05) is 11.3 Å². The fraction of sp³-hybridized carbons (Fsp3) is 0.600. The molecule has 8 heteroatoms. The van der Waals surface area contributed by atoms with Crippen LogP contribution in [0.1, 0.15) is 55.1 Å². The van der Waals surface area contributed by atoms with Gasteiger partial charge in [-0.2, -0.15) is 4.98 Å². The highest BCUT2D eigenvalue weighted by Crippen LogP contribution is 2.40. The molecule has 1 atom stereocenters. The van der Waals surface area contributed by atoms with E-state index < -0.39 is 0 Å². The summed E-state index contributed by atoms with van der Waals surface area (Å²) < 4.78 is 5.36. The molecule has 2 aromatic rings. The first-order valence-corrected chi connectivity index (χ1v) is 8.86. The van der Waals surface area contributed by atoms with Gasteiger partial charge in [0.25, 0.3) is 0 Å². The summed E-state index contributed by atoms with van der Waals surface area (Å²) in [6.45, 7) is 3.12. The molecule has 3 heterocycles. The first-order chi connectivity index (χ1) is 11.2. The van der Waals surface area contributed by atoms with E-state index in [9.17, 15) is 4.79 Å². The molecule has 2 fully saturated rings. The van der Waals surface area contributed by atoms with E-state index >= 15 is 0 Å². The fourth-order valence-corrected chi connectivity index (χ4v) is 3.65. The molecule has 1 unspecified atom stereocenters. The van der Waals surface area contributed by atoms with Gasteiger partial charge in [0.15, 0.2) is 11.0 Å². The van der Waals surface area contributed by atoms with Crippen molar-refractivity contribution >= 4 is 22.4 Å². The summed E-state index contributed by atoms with van der Waals surface area (Å²) in [5.41, 5.74) is 0.920. The van der Waals surface area contributed by atoms with Gasteiger partial charge in [0.1, 0.15) is 0 Å². The molecule has 1 amide bonds. The van der Waals surface area contributed by atoms with E-state index in [4.69, 9.17) is 4.52 Å². The Labute approximate surface area is 138 Å². The molecule has 1 saturated heterocycles. The van der Waals surface area contributed by atoms with Crippen molar-refractivity contribution < 1.29 is 9.32 Å². The van der Waals surface area contributed by atoms with E-state index in [-0.39, 0.29) is 11.9 Å². The Kier molecular flexibility index (Phi) is 3.86. The number of aryl methyl sites for hydroxylation is 1. The van der Waals surface area contributed by atoms with Gasteiger partial charge in [-0.25, -0.2) is 4.98 Å². The second-order valence-electron chi connectivity index (χ2n) is 6.24. The van der Waals surface area contributed by atoms with Gasteiger partial charge >= 0.3 is 0 Å². The maximum absolute atomic E-state index is 12.2. The number of thiazole rings is 1. The molecule has 1 N–H and O–H groups in total. The van der Waals surface area contributed by atoms with Crippen LogP contribution in [0.4, 0.5) is 5.13 Å². The van der Waals surface area contributed by atoms with Crippen molar-refractivity contribution in [2.45, 2.75) is 44.6 Å². The third kappa shape index (κ3) is 3.28. The van der Waals surface area contributed by atoms with Crippen LogP contribution in [0.15, 0.2) is 9.90 Å². The molecule has 0 aromatic carbocycles. The molecule has 1 aliphatic heterocycles. The average Bonchev–Trinajstić information content (AvgIpc) is 2.91. The van der Waals surface area contributed by atoms with Crippen molar-refractivity contribution in [2.75, 3.05) is 18.4 Å². The van der Waals surface area contributed by atoms with Crippen LogP contribution >= 0.6 is 11.3 Å². The van der Waals surface area contributed by atoms with Gasteiger partial charge in [0.05, 0.1) is 18.3 Å². The van der Waals surface area contributed by atoms with E-state index in [1.165, 1.54) is 11.3 Å². The Bertz CT molecular complexity index is 708. The molecule has 23 heavy (non-hydrogen) atoms. The van der Waals surface area contributed by atoms with Crippen LogP contribution in [0.3, 0.4) is 0 Å². The van der Waals surface area contributed by atoms with Crippen LogP contribution in [0.5, 0.6) is 0 Å². The lowest BCUT2D eigenvalue weighted by molar-refractivity contribution is -0.117. The summed E-state index contributed by atoms with van der Waals surface area (Å²) >= 11 is 1.45. The number of rotatable bonds is 5. The van der Waals surface area contributed by atoms with Crippen molar-refractivity contribution in [1.29, 1.82) is 0 Å². The zero-order valence-electron chi connectivity index (χ0n) is 13.0. The van der Waals surface area contributed by atoms with Crippen molar-refractivity contribution in [2.24, 2.45) is 0 Å². The zero-order valence-corrected chi connectivity index (χ0v) is 13.8. The van der Waals surface area contributed by atoms with Crippen molar-refractivity contribution in [3.05, 3.63) is 22.8 Å². The van der Waals surface area contributed by atoms with E-state index in [2.05, 4.69) is 25.3 Å². The number of hydrogen-bond acceptors (Lipinski definition) is 7. The van der Waals surface area contributed by atoms with E-state index in [0.29, 0.717) is 17.6 Å². The number of likely N-dealkylation sites (tertiary alicyclic amines) is 1. The molecule has 0 radical (unpaired) electrons. The minimum atomic E-state index is -0.0443. The molecular weight excluding hydrogens is 314 g/mol. The summed E-state index contributed by atoms with van der Waals surface area (Å²) in [5, 5.41) is 9.57. The Balaban J connectivity index is 1.39. The monoisotopic (exact) mass is 333 g/mol. The summed E-state index contributed by atoms with van der Waals surface area (Å²) in [6, 6.07) is 0.0787. The Hall–Kier alpha value is -1.80. The Morgan fingerprint density at radius 1 is 1.43 bits per heavy atom. The predicted molar refractivity (Wildman–Crippen MR) is 85.3 cm³/mol. The van der Waals surface area contributed by atoms with Gasteiger partial charge in [-0.05, 0) is 39.2 Å². The highest BCUT2D eigenvalue weighted by molar-refractivity contribution is 7.13. The van der Waals surface area contributed by atoms with Crippen LogP contribution in [0.25, 0.3) is 0 Å². The minimum Gasteiger partial charge on any atom is -0.339 e. The van der Waals surface area contributed by atoms with Crippen LogP contribution < -0.4 is 5.32 Å². The highest BCUT2D eigenvalue weighted by Gasteiger charge is 2.34. The number of carbonyl (C=O) groups is 1. The third-order valence-corrected chi connectivity index (χ3v) is 5.13. The molecule has 1 aliphatic carbocycles. The smallest absolute Gasteiger partial charge is 0.240 e. The third-order valence-electron chi connectivity index (χ3n) is 4.26. The van der Waals surface area contributed by atoms with Crippen LogP contribution in [-0.2, 0) is 4.79 Å².